The van der Waals surface area contributed by atoms with Gasteiger partial charge in [-0.25, -0.2) is 15.0 Å². The molecule has 0 aliphatic carbocycles. The highest BCUT2D eigenvalue weighted by molar-refractivity contribution is 7.99. The van der Waals surface area contributed by atoms with Gasteiger partial charge >= 0.3 is 0 Å². The fourth-order valence-electron chi connectivity index (χ4n) is 4.21. The molecule has 0 unspecified atom stereocenters. The molecule has 0 bridgehead atoms. The number of hydrogen-bond acceptors (Lipinski definition) is 10. The molecule has 42 heavy (non-hydrogen) atoms. The maximum absolute atomic E-state index is 11.6. The number of anilines is 6. The number of carbonyl (C=O) groups is 1. The van der Waals surface area contributed by atoms with Crippen molar-refractivity contribution in [2.24, 2.45) is 5.73 Å². The van der Waals surface area contributed by atoms with Crippen molar-refractivity contribution < 1.29 is 4.79 Å². The first kappa shape index (κ1) is 29.6. The van der Waals surface area contributed by atoms with Crippen molar-refractivity contribution in [3.8, 4) is 0 Å². The third-order valence-electron chi connectivity index (χ3n) is 6.59. The first-order chi connectivity index (χ1) is 20.2. The number of nitrogens with zero attached hydrogens (tertiary/aromatic N) is 5. The summed E-state index contributed by atoms with van der Waals surface area (Å²) in [6.07, 6.45) is 8.06. The summed E-state index contributed by atoms with van der Waals surface area (Å²) >= 11 is 14.6. The molecule has 10 nitrogen and oxygen atoms in total. The third-order valence-corrected chi connectivity index (χ3v) is 8.37. The molecule has 1 saturated heterocycles. The summed E-state index contributed by atoms with van der Waals surface area (Å²) in [6, 6.07) is 12.8. The number of nitrogens with two attached hydrogens (primary N) is 1. The maximum atomic E-state index is 11.6. The van der Waals surface area contributed by atoms with Crippen molar-refractivity contribution in [1.82, 2.24) is 19.9 Å². The summed E-state index contributed by atoms with van der Waals surface area (Å²) in [5.74, 6) is 1.20. The Morgan fingerprint density at radius 1 is 1.05 bits per heavy atom. The van der Waals surface area contributed by atoms with Gasteiger partial charge in [-0.2, -0.15) is 4.98 Å². The van der Waals surface area contributed by atoms with Crippen LogP contribution in [0.25, 0.3) is 0 Å². The van der Waals surface area contributed by atoms with Gasteiger partial charge in [0.2, 0.25) is 11.9 Å². The lowest BCUT2D eigenvalue weighted by Crippen LogP contribution is -2.48. The van der Waals surface area contributed by atoms with Gasteiger partial charge in [0.05, 0.1) is 29.3 Å². The van der Waals surface area contributed by atoms with Crippen LogP contribution >= 0.6 is 35.0 Å². The van der Waals surface area contributed by atoms with Gasteiger partial charge in [-0.3, -0.25) is 4.79 Å². The number of carbonyl (C=O) groups excluding carboxylic acids is 1. The lowest BCUT2D eigenvalue weighted by atomic mass is 9.91. The van der Waals surface area contributed by atoms with Gasteiger partial charge in [0.1, 0.15) is 15.9 Å². The molecule has 216 valence electrons. The number of aromatic nitrogens is 4. The molecule has 0 saturated carbocycles. The Balaban J connectivity index is 1.27. The van der Waals surface area contributed by atoms with E-state index < -0.39 is 0 Å². The van der Waals surface area contributed by atoms with Crippen molar-refractivity contribution in [1.29, 1.82) is 0 Å². The highest BCUT2D eigenvalue weighted by Crippen LogP contribution is 2.38. The molecule has 1 aliphatic rings. The number of halogens is 2. The molecule has 5 rings (SSSR count). The molecule has 0 radical (unpaired) electrons. The molecule has 5 N–H and O–H groups in total. The van der Waals surface area contributed by atoms with Gasteiger partial charge in [-0.05, 0) is 56.2 Å². The molecule has 0 atom stereocenters. The van der Waals surface area contributed by atoms with E-state index in [2.05, 4.69) is 54.3 Å². The fraction of sp³-hybridized carbons (Fsp3) is 0.207. The SMILES string of the molecule is C=CC(=O)Nc1cccc(Nc2nc(Nc3cccc(Sc4cnc(N5CCC(C)(N)CC5)cn4)c3Cl)ncc2Cl)c1. The second-order valence-corrected chi connectivity index (χ2v) is 11.8. The summed E-state index contributed by atoms with van der Waals surface area (Å²) in [5, 5.41) is 10.6. The zero-order valence-electron chi connectivity index (χ0n) is 22.8. The topological polar surface area (TPSA) is 134 Å². The molecular weight excluding hydrogens is 593 g/mol. The summed E-state index contributed by atoms with van der Waals surface area (Å²) in [5.41, 5.74) is 8.02. The van der Waals surface area contributed by atoms with Gasteiger partial charge in [-0.1, -0.05) is 53.7 Å². The quantitative estimate of drug-likeness (QED) is 0.150. The van der Waals surface area contributed by atoms with E-state index in [0.717, 1.165) is 41.7 Å². The van der Waals surface area contributed by atoms with E-state index in [9.17, 15) is 4.79 Å². The first-order valence-corrected chi connectivity index (χ1v) is 14.7. The van der Waals surface area contributed by atoms with Crippen molar-refractivity contribution in [3.63, 3.8) is 0 Å². The number of nitrogens with one attached hydrogen (secondary N) is 3. The Morgan fingerprint density at radius 3 is 2.55 bits per heavy atom. The standard InChI is InChI=1S/C29H29Cl2N9OS/c1-3-24(41)36-18-6-4-7-19(14-18)37-27-20(30)15-35-28(39-27)38-21-8-5-9-22(26(21)31)42-25-17-33-23(16-34-25)40-12-10-29(2,32)11-13-40/h3-9,14-17H,1,10-13,32H2,2H3,(H,36,41)(H2,35,37,38,39). The lowest BCUT2D eigenvalue weighted by Gasteiger charge is -2.37. The van der Waals surface area contributed by atoms with Crippen LogP contribution in [-0.4, -0.2) is 44.5 Å². The van der Waals surface area contributed by atoms with E-state index in [-0.39, 0.29) is 11.4 Å². The van der Waals surface area contributed by atoms with E-state index in [4.69, 9.17) is 28.9 Å². The van der Waals surface area contributed by atoms with Crippen LogP contribution < -0.4 is 26.6 Å². The molecule has 1 aliphatic heterocycles. The van der Waals surface area contributed by atoms with Gasteiger partial charge in [0.15, 0.2) is 5.82 Å². The van der Waals surface area contributed by atoms with Crippen molar-refractivity contribution in [2.45, 2.75) is 35.2 Å². The largest absolute Gasteiger partial charge is 0.355 e. The Bertz CT molecular complexity index is 1590. The Kier molecular flexibility index (Phi) is 9.12. The summed E-state index contributed by atoms with van der Waals surface area (Å²) in [7, 11) is 0. The number of amides is 1. The predicted molar refractivity (Wildman–Crippen MR) is 171 cm³/mol. The molecule has 2 aromatic heterocycles. The van der Waals surface area contributed by atoms with Gasteiger partial charge in [-0.15, -0.1) is 0 Å². The van der Waals surface area contributed by atoms with Crippen molar-refractivity contribution >= 4 is 75.5 Å². The van der Waals surface area contributed by atoms with Crippen LogP contribution in [0.15, 0.2) is 83.6 Å². The second kappa shape index (κ2) is 13.0. The molecule has 1 fully saturated rings. The first-order valence-electron chi connectivity index (χ1n) is 13.1. The smallest absolute Gasteiger partial charge is 0.247 e. The van der Waals surface area contributed by atoms with Gasteiger partial charge in [0, 0.05) is 34.9 Å². The highest BCUT2D eigenvalue weighted by Gasteiger charge is 2.26. The molecule has 4 aromatic rings. The normalized spacial score (nSPS) is 14.2. The fourth-order valence-corrected chi connectivity index (χ4v) is 5.42. The van der Waals surface area contributed by atoms with E-state index in [1.807, 2.05) is 24.3 Å². The molecule has 3 heterocycles. The van der Waals surface area contributed by atoms with E-state index in [0.29, 0.717) is 38.9 Å². The zero-order valence-corrected chi connectivity index (χ0v) is 25.1. The molecule has 13 heteroatoms. The van der Waals surface area contributed by atoms with Gasteiger partial charge < -0.3 is 26.6 Å². The summed E-state index contributed by atoms with van der Waals surface area (Å²) < 4.78 is 0. The third kappa shape index (κ3) is 7.48. The van der Waals surface area contributed by atoms with Crippen LogP contribution in [0.5, 0.6) is 0 Å². The Labute approximate surface area is 258 Å². The van der Waals surface area contributed by atoms with E-state index in [1.54, 1.807) is 30.6 Å². The average molecular weight is 623 g/mol. The molecule has 1 amide bonds. The van der Waals surface area contributed by atoms with Crippen molar-refractivity contribution in [3.05, 3.63) is 83.8 Å². The monoisotopic (exact) mass is 621 g/mol. The summed E-state index contributed by atoms with van der Waals surface area (Å²) in [4.78, 5) is 32.7. The summed E-state index contributed by atoms with van der Waals surface area (Å²) in [6.45, 7) is 7.28. The molecule has 0 spiro atoms. The minimum atomic E-state index is -0.308. The zero-order chi connectivity index (χ0) is 29.7. The van der Waals surface area contributed by atoms with Crippen LogP contribution in [0, 0.1) is 0 Å². The van der Waals surface area contributed by atoms with Crippen LogP contribution in [0.4, 0.5) is 34.6 Å². The number of hydrogen-bond donors (Lipinski definition) is 4. The Hall–Kier alpha value is -3.90. The van der Waals surface area contributed by atoms with Crippen LogP contribution in [0.3, 0.4) is 0 Å². The van der Waals surface area contributed by atoms with Crippen LogP contribution in [0.2, 0.25) is 10.0 Å². The number of piperidine rings is 1. The van der Waals surface area contributed by atoms with Gasteiger partial charge in [0.25, 0.3) is 0 Å². The van der Waals surface area contributed by atoms with E-state index in [1.165, 1.54) is 24.0 Å². The lowest BCUT2D eigenvalue weighted by molar-refractivity contribution is -0.111. The predicted octanol–water partition coefficient (Wildman–Crippen LogP) is 6.65. The number of benzene rings is 2. The van der Waals surface area contributed by atoms with Crippen LogP contribution in [0.1, 0.15) is 19.8 Å². The van der Waals surface area contributed by atoms with E-state index >= 15 is 0 Å². The van der Waals surface area contributed by atoms with Crippen LogP contribution in [-0.2, 0) is 4.79 Å². The average Bonchev–Trinajstić information content (AvgIpc) is 2.97. The van der Waals surface area contributed by atoms with Crippen molar-refractivity contribution in [2.75, 3.05) is 33.9 Å². The highest BCUT2D eigenvalue weighted by atomic mass is 35.5. The molecular formula is C29H29Cl2N9OS. The Morgan fingerprint density at radius 2 is 1.81 bits per heavy atom. The molecule has 2 aromatic carbocycles. The second-order valence-electron chi connectivity index (χ2n) is 9.99. The minimum absolute atomic E-state index is 0.123. The number of rotatable bonds is 9. The minimum Gasteiger partial charge on any atom is -0.355 e. The maximum Gasteiger partial charge on any atom is 0.247 e.